The molecule has 0 fully saturated rings. The Balaban J connectivity index is 3.32. The van der Waals surface area contributed by atoms with Crippen LogP contribution in [0.1, 0.15) is 11.6 Å². The van der Waals surface area contributed by atoms with Crippen LogP contribution in [0, 0.1) is 11.6 Å². The lowest BCUT2D eigenvalue weighted by molar-refractivity contribution is -0.138. The molecule has 0 saturated carbocycles. The number of carbonyl (C=O) groups is 1. The first-order chi connectivity index (χ1) is 6.45. The van der Waals surface area contributed by atoms with Crippen molar-refractivity contribution in [2.24, 2.45) is 5.73 Å². The minimum atomic E-state index is -1.83. The van der Waals surface area contributed by atoms with E-state index in [0.29, 0.717) is 0 Å². The molecule has 0 aliphatic heterocycles. The van der Waals surface area contributed by atoms with Gasteiger partial charge < -0.3 is 15.9 Å². The number of hydrogen-bond acceptors (Lipinski definition) is 3. The molecule has 0 amide bonds. The van der Waals surface area contributed by atoms with Crippen molar-refractivity contribution in [1.29, 1.82) is 0 Å². The van der Waals surface area contributed by atoms with Crippen LogP contribution in [-0.4, -0.2) is 16.2 Å². The van der Waals surface area contributed by atoms with Crippen molar-refractivity contribution in [3.05, 3.63) is 29.3 Å². The van der Waals surface area contributed by atoms with Gasteiger partial charge in [-0.15, -0.1) is 0 Å². The van der Waals surface area contributed by atoms with Gasteiger partial charge >= 0.3 is 5.97 Å². The number of carboxylic acid groups (broad SMARTS) is 1. The average molecular weight is 203 g/mol. The van der Waals surface area contributed by atoms with Crippen LogP contribution in [0.3, 0.4) is 0 Å². The number of benzene rings is 1. The fraction of sp³-hybridized carbons (Fsp3) is 0.125. The topological polar surface area (TPSA) is 83.6 Å². The molecule has 1 aromatic rings. The zero-order chi connectivity index (χ0) is 10.9. The number of rotatable bonds is 2. The summed E-state index contributed by atoms with van der Waals surface area (Å²) in [6.07, 6.45) is 0. The number of carboxylic acids is 1. The molecule has 0 spiro atoms. The predicted octanol–water partition coefficient (Wildman–Crippen LogP) is 0.755. The van der Waals surface area contributed by atoms with Crippen molar-refractivity contribution in [1.82, 2.24) is 0 Å². The van der Waals surface area contributed by atoms with E-state index in [1.807, 2.05) is 0 Å². The molecule has 1 aromatic carbocycles. The van der Waals surface area contributed by atoms with Gasteiger partial charge in [0.15, 0.2) is 11.6 Å². The maximum absolute atomic E-state index is 13.0. The average Bonchev–Trinajstić information content (AvgIpc) is 2.12. The molecule has 4 nitrogen and oxygen atoms in total. The van der Waals surface area contributed by atoms with Gasteiger partial charge in [-0.1, -0.05) is 0 Å². The van der Waals surface area contributed by atoms with E-state index in [9.17, 15) is 13.6 Å². The van der Waals surface area contributed by atoms with E-state index in [-0.39, 0.29) is 0 Å². The normalized spacial score (nSPS) is 12.5. The molecule has 0 radical (unpaired) electrons. The molecule has 1 unspecified atom stereocenters. The molecule has 0 heterocycles. The number of phenols is 1. The number of hydrogen-bond donors (Lipinski definition) is 3. The summed E-state index contributed by atoms with van der Waals surface area (Å²) >= 11 is 0. The summed E-state index contributed by atoms with van der Waals surface area (Å²) in [5.74, 6) is -4.86. The highest BCUT2D eigenvalue weighted by molar-refractivity contribution is 5.75. The largest absolute Gasteiger partial charge is 0.505 e. The van der Waals surface area contributed by atoms with Crippen LogP contribution in [0.2, 0.25) is 0 Å². The third-order valence-electron chi connectivity index (χ3n) is 1.68. The third-order valence-corrected chi connectivity index (χ3v) is 1.68. The second kappa shape index (κ2) is 3.59. The first-order valence-corrected chi connectivity index (χ1v) is 3.60. The van der Waals surface area contributed by atoms with Crippen LogP contribution in [0.5, 0.6) is 5.75 Å². The molecule has 6 heteroatoms. The molecule has 76 valence electrons. The van der Waals surface area contributed by atoms with E-state index in [1.165, 1.54) is 0 Å². The van der Waals surface area contributed by atoms with Crippen molar-refractivity contribution in [2.75, 3.05) is 0 Å². The summed E-state index contributed by atoms with van der Waals surface area (Å²) < 4.78 is 26.0. The number of halogens is 2. The molecule has 1 rings (SSSR count). The van der Waals surface area contributed by atoms with Gasteiger partial charge in [-0.2, -0.15) is 0 Å². The van der Waals surface area contributed by atoms with Crippen molar-refractivity contribution in [3.63, 3.8) is 0 Å². The Kier molecular flexibility index (Phi) is 2.66. The van der Waals surface area contributed by atoms with Crippen LogP contribution in [0.4, 0.5) is 8.78 Å². The standard InChI is InChI=1S/C8H7F2NO3/c9-3-1-2-4(12)6(10)5(3)7(11)8(13)14/h1-2,7,12H,11H2,(H,13,14). The Labute approximate surface area is 77.6 Å². The second-order valence-electron chi connectivity index (χ2n) is 2.61. The Morgan fingerprint density at radius 2 is 2.00 bits per heavy atom. The second-order valence-corrected chi connectivity index (χ2v) is 2.61. The number of aromatic hydroxyl groups is 1. The first kappa shape index (κ1) is 10.4. The summed E-state index contributed by atoms with van der Waals surface area (Å²) in [5, 5.41) is 17.3. The lowest BCUT2D eigenvalue weighted by Gasteiger charge is -2.09. The lowest BCUT2D eigenvalue weighted by Crippen LogP contribution is -2.23. The minimum Gasteiger partial charge on any atom is -0.505 e. The maximum Gasteiger partial charge on any atom is 0.325 e. The van der Waals surface area contributed by atoms with Gasteiger partial charge in [0.2, 0.25) is 0 Å². The molecule has 4 N–H and O–H groups in total. The van der Waals surface area contributed by atoms with E-state index >= 15 is 0 Å². The third kappa shape index (κ3) is 1.64. The van der Waals surface area contributed by atoms with E-state index in [2.05, 4.69) is 0 Å². The van der Waals surface area contributed by atoms with Crippen LogP contribution >= 0.6 is 0 Å². The molecule has 0 aliphatic carbocycles. The Bertz CT molecular complexity index is 381. The molecule has 0 aliphatic rings. The van der Waals surface area contributed by atoms with E-state index in [0.717, 1.165) is 12.1 Å². The van der Waals surface area contributed by atoms with Gasteiger partial charge in [-0.25, -0.2) is 8.78 Å². The van der Waals surface area contributed by atoms with Gasteiger partial charge in [-0.05, 0) is 12.1 Å². The highest BCUT2D eigenvalue weighted by Gasteiger charge is 2.24. The van der Waals surface area contributed by atoms with E-state index in [1.54, 1.807) is 0 Å². The van der Waals surface area contributed by atoms with Crippen LogP contribution in [0.25, 0.3) is 0 Å². The molecule has 14 heavy (non-hydrogen) atoms. The van der Waals surface area contributed by atoms with Gasteiger partial charge in [-0.3, -0.25) is 4.79 Å². The van der Waals surface area contributed by atoms with E-state index < -0.39 is 35.0 Å². The molecular formula is C8H7F2NO3. The zero-order valence-corrected chi connectivity index (χ0v) is 6.87. The monoisotopic (exact) mass is 203 g/mol. The quantitative estimate of drug-likeness (QED) is 0.662. The van der Waals surface area contributed by atoms with Gasteiger partial charge in [0.05, 0.1) is 5.56 Å². The van der Waals surface area contributed by atoms with Gasteiger partial charge in [0.1, 0.15) is 11.9 Å². The van der Waals surface area contributed by atoms with Gasteiger partial charge in [0, 0.05) is 0 Å². The predicted molar refractivity (Wildman–Crippen MR) is 42.6 cm³/mol. The molecule has 0 aromatic heterocycles. The summed E-state index contributed by atoms with van der Waals surface area (Å²) in [6, 6.07) is -0.304. The Morgan fingerprint density at radius 3 is 2.50 bits per heavy atom. The Morgan fingerprint density at radius 1 is 1.43 bits per heavy atom. The van der Waals surface area contributed by atoms with Crippen LogP contribution < -0.4 is 5.73 Å². The number of aliphatic carboxylic acids is 1. The van der Waals surface area contributed by atoms with Crippen molar-refractivity contribution in [2.45, 2.75) is 6.04 Å². The number of phenolic OH excluding ortho intramolecular Hbond substituents is 1. The highest BCUT2D eigenvalue weighted by atomic mass is 19.1. The summed E-state index contributed by atoms with van der Waals surface area (Å²) in [7, 11) is 0. The summed E-state index contributed by atoms with van der Waals surface area (Å²) in [6.45, 7) is 0. The van der Waals surface area contributed by atoms with E-state index in [4.69, 9.17) is 15.9 Å². The number of nitrogens with two attached hydrogens (primary N) is 1. The fourth-order valence-corrected chi connectivity index (χ4v) is 0.966. The minimum absolute atomic E-state index is 0.747. The van der Waals surface area contributed by atoms with Gasteiger partial charge in [0.25, 0.3) is 0 Å². The maximum atomic E-state index is 13.0. The van der Waals surface area contributed by atoms with Crippen LogP contribution in [-0.2, 0) is 4.79 Å². The van der Waals surface area contributed by atoms with Crippen molar-refractivity contribution in [3.8, 4) is 5.75 Å². The molecule has 1 atom stereocenters. The smallest absolute Gasteiger partial charge is 0.325 e. The molecule has 0 bridgehead atoms. The first-order valence-electron chi connectivity index (χ1n) is 3.60. The zero-order valence-electron chi connectivity index (χ0n) is 6.87. The highest BCUT2D eigenvalue weighted by Crippen LogP contribution is 2.25. The SMILES string of the molecule is NC(C(=O)O)c1c(F)ccc(O)c1F. The van der Waals surface area contributed by atoms with Crippen molar-refractivity contribution >= 4 is 5.97 Å². The summed E-state index contributed by atoms with van der Waals surface area (Å²) in [5.41, 5.74) is 4.17. The lowest BCUT2D eigenvalue weighted by atomic mass is 10.1. The molecule has 0 saturated heterocycles. The Hall–Kier alpha value is -1.69. The van der Waals surface area contributed by atoms with Crippen LogP contribution in [0.15, 0.2) is 12.1 Å². The summed E-state index contributed by atoms with van der Waals surface area (Å²) in [4.78, 5) is 10.4. The van der Waals surface area contributed by atoms with Crippen molar-refractivity contribution < 1.29 is 23.8 Å². The molecular weight excluding hydrogens is 196 g/mol. The fourth-order valence-electron chi connectivity index (χ4n) is 0.966.